The van der Waals surface area contributed by atoms with E-state index in [1.54, 1.807) is 10.4 Å². The van der Waals surface area contributed by atoms with Gasteiger partial charge in [0.25, 0.3) is 0 Å². The number of rotatable bonds is 2. The van der Waals surface area contributed by atoms with Gasteiger partial charge in [-0.25, -0.2) is 9.19 Å². The number of aromatic nitrogens is 1. The van der Waals surface area contributed by atoms with Gasteiger partial charge >= 0.3 is 0 Å². The lowest BCUT2D eigenvalue weighted by molar-refractivity contribution is 0.112. The normalized spacial score (nSPS) is 24.8. The summed E-state index contributed by atoms with van der Waals surface area (Å²) in [6.07, 6.45) is 2.96. The van der Waals surface area contributed by atoms with Crippen LogP contribution in [0.25, 0.3) is 0 Å². The molecule has 1 saturated heterocycles. The molecule has 86 valence electrons. The van der Waals surface area contributed by atoms with Crippen molar-refractivity contribution >= 4 is 34.7 Å². The molecule has 1 aromatic heterocycles. The molecular formula is C10H11ClN2O2S. The summed E-state index contributed by atoms with van der Waals surface area (Å²) in [6.45, 7) is 2.63. The van der Waals surface area contributed by atoms with Gasteiger partial charge in [0.05, 0.1) is 10.3 Å². The van der Waals surface area contributed by atoms with Crippen LogP contribution in [0.4, 0.5) is 5.82 Å². The van der Waals surface area contributed by atoms with Crippen molar-refractivity contribution < 1.29 is 9.00 Å². The van der Waals surface area contributed by atoms with Crippen molar-refractivity contribution in [2.45, 2.75) is 18.6 Å². The molecule has 1 fully saturated rings. The third-order valence-electron chi connectivity index (χ3n) is 2.55. The monoisotopic (exact) mass is 258 g/mol. The summed E-state index contributed by atoms with van der Waals surface area (Å²) in [5.74, 6) is 0.550. The van der Waals surface area contributed by atoms with Crippen LogP contribution in [-0.2, 0) is 11.0 Å². The molecule has 0 amide bonds. The Labute approximate surface area is 101 Å². The Bertz CT molecular complexity index is 452. The van der Waals surface area contributed by atoms with Gasteiger partial charge in [-0.2, -0.15) is 0 Å². The standard InChI is InChI=1S/C10H11ClN2O2S/c1-7-2-3-13(16(7)15)10-4-8(6-14)9(11)5-12-10/h4-7H,2-3H2,1H3. The Kier molecular flexibility index (Phi) is 3.25. The molecule has 0 aromatic carbocycles. The summed E-state index contributed by atoms with van der Waals surface area (Å²) in [4.78, 5) is 14.8. The van der Waals surface area contributed by atoms with E-state index in [4.69, 9.17) is 11.6 Å². The minimum atomic E-state index is -1.06. The molecule has 0 saturated carbocycles. The molecule has 1 aromatic rings. The average Bonchev–Trinajstić information content (AvgIpc) is 2.61. The Balaban J connectivity index is 2.34. The van der Waals surface area contributed by atoms with E-state index in [0.29, 0.717) is 29.2 Å². The lowest BCUT2D eigenvalue weighted by atomic mass is 10.3. The minimum Gasteiger partial charge on any atom is -0.298 e. The zero-order valence-corrected chi connectivity index (χ0v) is 10.3. The van der Waals surface area contributed by atoms with Crippen LogP contribution in [0.2, 0.25) is 5.02 Å². The summed E-state index contributed by atoms with van der Waals surface area (Å²) in [6, 6.07) is 1.57. The van der Waals surface area contributed by atoms with E-state index in [1.807, 2.05) is 6.92 Å². The highest BCUT2D eigenvalue weighted by atomic mass is 35.5. The number of aldehydes is 1. The van der Waals surface area contributed by atoms with Crippen LogP contribution in [0.15, 0.2) is 12.3 Å². The predicted molar refractivity (Wildman–Crippen MR) is 64.2 cm³/mol. The van der Waals surface area contributed by atoms with Crippen molar-refractivity contribution in [3.8, 4) is 0 Å². The van der Waals surface area contributed by atoms with Crippen LogP contribution < -0.4 is 4.31 Å². The second kappa shape index (κ2) is 4.51. The Morgan fingerprint density at radius 2 is 2.44 bits per heavy atom. The van der Waals surface area contributed by atoms with Crippen molar-refractivity contribution in [1.29, 1.82) is 0 Å². The highest BCUT2D eigenvalue weighted by Gasteiger charge is 2.28. The fourth-order valence-electron chi connectivity index (χ4n) is 1.58. The first kappa shape index (κ1) is 11.5. The first-order valence-electron chi connectivity index (χ1n) is 4.92. The van der Waals surface area contributed by atoms with Gasteiger partial charge in [0.2, 0.25) is 0 Å². The molecule has 0 aliphatic carbocycles. The van der Waals surface area contributed by atoms with E-state index >= 15 is 0 Å². The topological polar surface area (TPSA) is 50.3 Å². The van der Waals surface area contributed by atoms with Gasteiger partial charge < -0.3 is 0 Å². The van der Waals surface area contributed by atoms with Gasteiger partial charge in [-0.1, -0.05) is 11.6 Å². The third kappa shape index (κ3) is 1.97. The van der Waals surface area contributed by atoms with E-state index in [0.717, 1.165) is 6.42 Å². The lowest BCUT2D eigenvalue weighted by Crippen LogP contribution is -2.22. The first-order valence-corrected chi connectivity index (χ1v) is 6.47. The number of halogens is 1. The maximum Gasteiger partial charge on any atom is 0.151 e. The Morgan fingerprint density at radius 1 is 1.69 bits per heavy atom. The van der Waals surface area contributed by atoms with Crippen LogP contribution in [0, 0.1) is 0 Å². The molecule has 0 spiro atoms. The van der Waals surface area contributed by atoms with Gasteiger partial charge in [-0.05, 0) is 19.4 Å². The van der Waals surface area contributed by atoms with E-state index in [9.17, 15) is 9.00 Å². The van der Waals surface area contributed by atoms with Crippen LogP contribution >= 0.6 is 11.6 Å². The molecule has 16 heavy (non-hydrogen) atoms. The molecule has 4 nitrogen and oxygen atoms in total. The Hall–Kier alpha value is -0.940. The van der Waals surface area contributed by atoms with Crippen molar-refractivity contribution in [3.63, 3.8) is 0 Å². The number of hydrogen-bond donors (Lipinski definition) is 0. The predicted octanol–water partition coefficient (Wildman–Crippen LogP) is 1.81. The molecule has 2 atom stereocenters. The number of nitrogens with zero attached hydrogens (tertiary/aromatic N) is 2. The largest absolute Gasteiger partial charge is 0.298 e. The summed E-state index contributed by atoms with van der Waals surface area (Å²) in [5, 5.41) is 0.453. The maximum absolute atomic E-state index is 11.9. The van der Waals surface area contributed by atoms with E-state index in [2.05, 4.69) is 4.98 Å². The fourth-order valence-corrected chi connectivity index (χ4v) is 3.04. The summed E-state index contributed by atoms with van der Waals surface area (Å²) in [5.41, 5.74) is 0.378. The zero-order valence-electron chi connectivity index (χ0n) is 8.72. The van der Waals surface area contributed by atoms with E-state index < -0.39 is 11.0 Å². The van der Waals surface area contributed by atoms with Crippen LogP contribution in [0.3, 0.4) is 0 Å². The quantitative estimate of drug-likeness (QED) is 0.761. The number of anilines is 1. The fraction of sp³-hybridized carbons (Fsp3) is 0.400. The zero-order chi connectivity index (χ0) is 11.7. The van der Waals surface area contributed by atoms with Crippen molar-refractivity contribution in [2.24, 2.45) is 0 Å². The third-order valence-corrected chi connectivity index (χ3v) is 4.60. The molecule has 2 heterocycles. The van der Waals surface area contributed by atoms with Gasteiger partial charge in [0, 0.05) is 18.3 Å². The molecule has 0 N–H and O–H groups in total. The number of carbonyl (C=O) groups excluding carboxylic acids is 1. The second-order valence-electron chi connectivity index (χ2n) is 3.66. The molecule has 1 aliphatic heterocycles. The summed E-state index contributed by atoms with van der Waals surface area (Å²) >= 11 is 5.78. The molecule has 6 heteroatoms. The number of carbonyl (C=O) groups is 1. The van der Waals surface area contributed by atoms with Crippen LogP contribution in [-0.4, -0.2) is 27.3 Å². The molecular weight excluding hydrogens is 248 g/mol. The lowest BCUT2D eigenvalue weighted by Gasteiger charge is -2.15. The molecule has 2 unspecified atom stereocenters. The maximum atomic E-state index is 11.9. The highest BCUT2D eigenvalue weighted by molar-refractivity contribution is 7.87. The summed E-state index contributed by atoms with van der Waals surface area (Å²) in [7, 11) is -1.06. The molecule has 2 rings (SSSR count). The first-order chi connectivity index (χ1) is 7.63. The van der Waals surface area contributed by atoms with Gasteiger partial charge in [0.1, 0.15) is 16.8 Å². The number of hydrogen-bond acceptors (Lipinski definition) is 3. The van der Waals surface area contributed by atoms with Crippen LogP contribution in [0.5, 0.6) is 0 Å². The summed E-state index contributed by atoms with van der Waals surface area (Å²) < 4.78 is 13.6. The van der Waals surface area contributed by atoms with Crippen LogP contribution in [0.1, 0.15) is 23.7 Å². The van der Waals surface area contributed by atoms with Crippen molar-refractivity contribution in [2.75, 3.05) is 10.8 Å². The SMILES string of the molecule is CC1CCN(c2cc(C=O)c(Cl)cn2)S1=O. The van der Waals surface area contributed by atoms with Crippen molar-refractivity contribution in [3.05, 3.63) is 22.8 Å². The Morgan fingerprint density at radius 3 is 3.00 bits per heavy atom. The van der Waals surface area contributed by atoms with Gasteiger partial charge in [0.15, 0.2) is 6.29 Å². The molecule has 1 aliphatic rings. The van der Waals surface area contributed by atoms with E-state index in [-0.39, 0.29) is 5.25 Å². The smallest absolute Gasteiger partial charge is 0.151 e. The average molecular weight is 259 g/mol. The van der Waals surface area contributed by atoms with Gasteiger partial charge in [-0.15, -0.1) is 0 Å². The minimum absolute atomic E-state index is 0.136. The van der Waals surface area contributed by atoms with Gasteiger partial charge in [-0.3, -0.25) is 9.10 Å². The van der Waals surface area contributed by atoms with Crippen molar-refractivity contribution in [1.82, 2.24) is 4.98 Å². The van der Waals surface area contributed by atoms with E-state index in [1.165, 1.54) is 6.20 Å². The molecule has 0 radical (unpaired) electrons. The second-order valence-corrected chi connectivity index (χ2v) is 5.86. The molecule has 0 bridgehead atoms. The highest BCUT2D eigenvalue weighted by Crippen LogP contribution is 2.26. The number of pyridine rings is 1.